The molecule has 1 aromatic carbocycles. The van der Waals surface area contributed by atoms with Crippen LogP contribution in [-0.2, 0) is 4.74 Å². The fourth-order valence-corrected chi connectivity index (χ4v) is 6.35. The van der Waals surface area contributed by atoms with Crippen molar-refractivity contribution in [3.05, 3.63) is 50.8 Å². The molecule has 0 aromatic heterocycles. The van der Waals surface area contributed by atoms with Crippen molar-refractivity contribution < 1.29 is 9.47 Å². The first-order chi connectivity index (χ1) is 10.5. The number of alkyl halides is 1. The van der Waals surface area contributed by atoms with Crippen LogP contribution in [0.15, 0.2) is 34.6 Å². The van der Waals surface area contributed by atoms with Gasteiger partial charge in [0, 0.05) is 27.8 Å². The number of thioether (sulfide) groups is 1. The predicted molar refractivity (Wildman–Crippen MR) is 95.0 cm³/mol. The van der Waals surface area contributed by atoms with Crippen LogP contribution in [0.4, 0.5) is 0 Å². The van der Waals surface area contributed by atoms with E-state index in [1.54, 1.807) is 11.8 Å². The third-order valence-electron chi connectivity index (χ3n) is 4.60. The van der Waals surface area contributed by atoms with Gasteiger partial charge in [0.05, 0.1) is 10.1 Å². The van der Waals surface area contributed by atoms with Crippen molar-refractivity contribution >= 4 is 39.3 Å². The van der Waals surface area contributed by atoms with Crippen LogP contribution in [0.3, 0.4) is 0 Å². The monoisotopic (exact) mass is 398 g/mol. The first-order valence-corrected chi connectivity index (χ1v) is 9.47. The van der Waals surface area contributed by atoms with E-state index in [0.717, 1.165) is 39.4 Å². The third-order valence-corrected chi connectivity index (χ3v) is 7.17. The standard InChI is InChI=1S/C17H16BrClO2S/c1-9-5-11(19)6-12-14-7-22-16-13(4-3-10(2)21-16)17(14,18)8-20-15(9)12/h3,5-6,14H,4,7-8H2,1-2H3/t14-,17+/m0/s1. The summed E-state index contributed by atoms with van der Waals surface area (Å²) in [5, 5.41) is 1.82. The van der Waals surface area contributed by atoms with Crippen molar-refractivity contribution in [3.63, 3.8) is 0 Å². The molecule has 2 atom stereocenters. The van der Waals surface area contributed by atoms with Crippen molar-refractivity contribution in [2.45, 2.75) is 30.5 Å². The lowest BCUT2D eigenvalue weighted by Crippen LogP contribution is -2.45. The summed E-state index contributed by atoms with van der Waals surface area (Å²) >= 11 is 12.1. The number of fused-ring (bicyclic) bond motifs is 4. The van der Waals surface area contributed by atoms with Gasteiger partial charge in [-0.2, -0.15) is 0 Å². The molecule has 4 rings (SSSR count). The summed E-state index contributed by atoms with van der Waals surface area (Å²) in [6, 6.07) is 4.03. The zero-order valence-electron chi connectivity index (χ0n) is 12.4. The van der Waals surface area contributed by atoms with Crippen molar-refractivity contribution in [1.29, 1.82) is 0 Å². The Bertz CT molecular complexity index is 728. The van der Waals surface area contributed by atoms with Gasteiger partial charge in [0.1, 0.15) is 12.4 Å². The van der Waals surface area contributed by atoms with E-state index < -0.39 is 0 Å². The Kier molecular flexibility index (Phi) is 3.55. The van der Waals surface area contributed by atoms with Gasteiger partial charge in [-0.05, 0) is 44.0 Å². The second-order valence-electron chi connectivity index (χ2n) is 6.04. The predicted octanol–water partition coefficient (Wildman–Crippen LogP) is 5.54. The maximum Gasteiger partial charge on any atom is 0.161 e. The molecule has 116 valence electrons. The molecular weight excluding hydrogens is 384 g/mol. The lowest BCUT2D eigenvalue weighted by molar-refractivity contribution is 0.230. The molecule has 22 heavy (non-hydrogen) atoms. The first kappa shape index (κ1) is 15.0. The minimum Gasteiger partial charge on any atom is -0.491 e. The largest absolute Gasteiger partial charge is 0.491 e. The Morgan fingerprint density at radius 3 is 3.00 bits per heavy atom. The quantitative estimate of drug-likeness (QED) is 0.534. The van der Waals surface area contributed by atoms with Gasteiger partial charge in [0.2, 0.25) is 0 Å². The average Bonchev–Trinajstić information content (AvgIpc) is 2.45. The highest BCUT2D eigenvalue weighted by Crippen LogP contribution is 2.57. The van der Waals surface area contributed by atoms with Crippen LogP contribution in [0, 0.1) is 6.92 Å². The average molecular weight is 400 g/mol. The summed E-state index contributed by atoms with van der Waals surface area (Å²) in [6.45, 7) is 4.69. The van der Waals surface area contributed by atoms with Crippen molar-refractivity contribution in [3.8, 4) is 5.75 Å². The summed E-state index contributed by atoms with van der Waals surface area (Å²) < 4.78 is 11.9. The van der Waals surface area contributed by atoms with E-state index in [1.165, 1.54) is 11.1 Å². The van der Waals surface area contributed by atoms with Crippen LogP contribution in [0.25, 0.3) is 0 Å². The van der Waals surface area contributed by atoms with Gasteiger partial charge < -0.3 is 9.47 Å². The molecule has 0 N–H and O–H groups in total. The molecule has 1 aromatic rings. The van der Waals surface area contributed by atoms with Crippen molar-refractivity contribution in [2.75, 3.05) is 12.4 Å². The van der Waals surface area contributed by atoms with E-state index in [4.69, 9.17) is 21.1 Å². The molecule has 3 aliphatic heterocycles. The molecule has 0 aliphatic carbocycles. The second kappa shape index (κ2) is 5.22. The zero-order valence-corrected chi connectivity index (χ0v) is 15.6. The Morgan fingerprint density at radius 2 is 2.18 bits per heavy atom. The number of halogens is 2. The smallest absolute Gasteiger partial charge is 0.161 e. The van der Waals surface area contributed by atoms with Crippen LogP contribution in [0.5, 0.6) is 5.75 Å². The number of rotatable bonds is 0. The molecule has 3 aliphatic rings. The van der Waals surface area contributed by atoms with Gasteiger partial charge in [-0.15, -0.1) is 0 Å². The van der Waals surface area contributed by atoms with Gasteiger partial charge in [0.25, 0.3) is 0 Å². The Balaban J connectivity index is 1.82. The third kappa shape index (κ3) is 2.15. The molecule has 0 fully saturated rings. The molecule has 5 heteroatoms. The fraction of sp³-hybridized carbons (Fsp3) is 0.412. The van der Waals surface area contributed by atoms with Crippen molar-refractivity contribution in [1.82, 2.24) is 0 Å². The Labute approximate surface area is 148 Å². The molecule has 0 amide bonds. The van der Waals surface area contributed by atoms with Crippen LogP contribution in [0.1, 0.15) is 30.4 Å². The van der Waals surface area contributed by atoms with Crippen LogP contribution >= 0.6 is 39.3 Å². The normalized spacial score (nSPS) is 29.6. The van der Waals surface area contributed by atoms with E-state index in [2.05, 4.69) is 35.0 Å². The minimum atomic E-state index is -0.199. The van der Waals surface area contributed by atoms with Gasteiger partial charge in [-0.25, -0.2) is 0 Å². The van der Waals surface area contributed by atoms with E-state index in [9.17, 15) is 0 Å². The number of ether oxygens (including phenoxy) is 2. The lowest BCUT2D eigenvalue weighted by atomic mass is 9.78. The Morgan fingerprint density at radius 1 is 1.36 bits per heavy atom. The molecule has 0 saturated carbocycles. The maximum atomic E-state index is 6.29. The van der Waals surface area contributed by atoms with E-state index in [-0.39, 0.29) is 4.32 Å². The molecule has 0 radical (unpaired) electrons. The van der Waals surface area contributed by atoms with Crippen molar-refractivity contribution in [2.24, 2.45) is 0 Å². The van der Waals surface area contributed by atoms with Gasteiger partial charge >= 0.3 is 0 Å². The SMILES string of the molecule is CC1=CCC2=C(O1)SC[C@H]1c3cc(Cl)cc(C)c3OC[C@@]21Br. The Hall–Kier alpha value is -0.580. The summed E-state index contributed by atoms with van der Waals surface area (Å²) in [5.41, 5.74) is 3.61. The fourth-order valence-electron chi connectivity index (χ4n) is 3.45. The topological polar surface area (TPSA) is 18.5 Å². The van der Waals surface area contributed by atoms with E-state index >= 15 is 0 Å². The summed E-state index contributed by atoms with van der Waals surface area (Å²) in [5.74, 6) is 3.29. The number of benzene rings is 1. The van der Waals surface area contributed by atoms with Gasteiger partial charge in [-0.3, -0.25) is 0 Å². The molecule has 0 unspecified atom stereocenters. The first-order valence-electron chi connectivity index (χ1n) is 7.32. The molecule has 0 spiro atoms. The van der Waals surface area contributed by atoms with Crippen LogP contribution < -0.4 is 4.74 Å². The lowest BCUT2D eigenvalue weighted by Gasteiger charge is -2.46. The number of allylic oxidation sites excluding steroid dienone is 2. The highest BCUT2D eigenvalue weighted by Gasteiger charge is 2.50. The highest BCUT2D eigenvalue weighted by molar-refractivity contribution is 9.10. The number of hydrogen-bond donors (Lipinski definition) is 0. The zero-order chi connectivity index (χ0) is 15.5. The molecule has 0 bridgehead atoms. The van der Waals surface area contributed by atoms with Gasteiger partial charge in [-0.1, -0.05) is 39.3 Å². The van der Waals surface area contributed by atoms with Crippen LogP contribution in [-0.4, -0.2) is 16.7 Å². The molecule has 2 nitrogen and oxygen atoms in total. The van der Waals surface area contributed by atoms with E-state index in [1.807, 2.05) is 13.0 Å². The molecule has 0 saturated heterocycles. The minimum absolute atomic E-state index is 0.199. The van der Waals surface area contributed by atoms with Crippen LogP contribution in [0.2, 0.25) is 5.02 Å². The molecule has 3 heterocycles. The second-order valence-corrected chi connectivity index (χ2v) is 8.89. The number of hydrogen-bond acceptors (Lipinski definition) is 3. The maximum absolute atomic E-state index is 6.29. The highest BCUT2D eigenvalue weighted by atomic mass is 79.9. The summed E-state index contributed by atoms with van der Waals surface area (Å²) in [6.07, 6.45) is 3.05. The van der Waals surface area contributed by atoms with Gasteiger partial charge in [0.15, 0.2) is 5.09 Å². The summed E-state index contributed by atoms with van der Waals surface area (Å²) in [7, 11) is 0. The number of aryl methyl sites for hydroxylation is 1. The molecular formula is C17H16BrClO2S. The summed E-state index contributed by atoms with van der Waals surface area (Å²) in [4.78, 5) is 0. The van der Waals surface area contributed by atoms with E-state index in [0.29, 0.717) is 12.5 Å².